The molecule has 0 aliphatic heterocycles. The van der Waals surface area contributed by atoms with Crippen LogP contribution in [0.3, 0.4) is 0 Å². The third-order valence-corrected chi connectivity index (χ3v) is 2.78. The third-order valence-electron chi connectivity index (χ3n) is 2.78. The number of rotatable bonds is 7. The molecule has 1 unspecified atom stereocenters. The molecule has 0 fully saturated rings. The summed E-state index contributed by atoms with van der Waals surface area (Å²) in [6.07, 6.45) is 0. The highest BCUT2D eigenvalue weighted by Gasteiger charge is 2.16. The summed E-state index contributed by atoms with van der Waals surface area (Å²) in [5.41, 5.74) is 0. The molecule has 6 heteroatoms. The van der Waals surface area contributed by atoms with Crippen molar-refractivity contribution in [3.8, 4) is 11.8 Å². The second kappa shape index (κ2) is 7.13. The first-order chi connectivity index (χ1) is 8.96. The smallest absolute Gasteiger partial charge is 0.229 e. The molecule has 0 amide bonds. The molecule has 1 rings (SSSR count). The topological polar surface area (TPSA) is 59.5 Å². The highest BCUT2D eigenvalue weighted by molar-refractivity contribution is 5.34. The maximum Gasteiger partial charge on any atom is 0.229 e. The fourth-order valence-corrected chi connectivity index (χ4v) is 1.66. The average molecular weight is 268 g/mol. The molecule has 1 aromatic heterocycles. The van der Waals surface area contributed by atoms with Crippen LogP contribution >= 0.6 is 0 Å². The molecule has 1 heterocycles. The highest BCUT2D eigenvalue weighted by Crippen LogP contribution is 2.19. The van der Waals surface area contributed by atoms with Crippen molar-refractivity contribution >= 4 is 5.95 Å². The quantitative estimate of drug-likeness (QED) is 0.808. The van der Waals surface area contributed by atoms with Gasteiger partial charge in [-0.25, -0.2) is 0 Å². The van der Waals surface area contributed by atoms with Crippen LogP contribution in [-0.4, -0.2) is 55.8 Å². The summed E-state index contributed by atoms with van der Waals surface area (Å²) in [5, 5.41) is 3.34. The van der Waals surface area contributed by atoms with Crippen molar-refractivity contribution in [2.45, 2.75) is 19.9 Å². The highest BCUT2D eigenvalue weighted by atomic mass is 16.5. The van der Waals surface area contributed by atoms with Crippen LogP contribution in [0.2, 0.25) is 0 Å². The molecule has 1 aromatic rings. The average Bonchev–Trinajstić information content (AvgIpc) is 2.36. The number of nitrogens with zero attached hydrogens (tertiary/aromatic N) is 3. The van der Waals surface area contributed by atoms with E-state index < -0.39 is 0 Å². The Morgan fingerprint density at radius 1 is 1.16 bits per heavy atom. The Morgan fingerprint density at radius 2 is 1.68 bits per heavy atom. The summed E-state index contributed by atoms with van der Waals surface area (Å²) in [6.45, 7) is 5.23. The van der Waals surface area contributed by atoms with Gasteiger partial charge in [0.05, 0.1) is 20.3 Å². The van der Waals surface area contributed by atoms with Crippen molar-refractivity contribution in [1.82, 2.24) is 14.9 Å². The van der Waals surface area contributed by atoms with Gasteiger partial charge >= 0.3 is 0 Å². The van der Waals surface area contributed by atoms with E-state index in [4.69, 9.17) is 9.47 Å². The van der Waals surface area contributed by atoms with Crippen LogP contribution in [0.5, 0.6) is 11.8 Å². The first-order valence-electron chi connectivity index (χ1n) is 6.34. The van der Waals surface area contributed by atoms with Crippen LogP contribution in [0.4, 0.5) is 5.95 Å². The monoisotopic (exact) mass is 268 g/mol. The number of hydrogen-bond acceptors (Lipinski definition) is 6. The Morgan fingerprint density at radius 3 is 2.05 bits per heavy atom. The Bertz CT molecular complexity index is 374. The van der Waals surface area contributed by atoms with E-state index in [1.165, 1.54) is 0 Å². The second-order valence-corrected chi connectivity index (χ2v) is 5.03. The van der Waals surface area contributed by atoms with Crippen molar-refractivity contribution in [1.29, 1.82) is 0 Å². The lowest BCUT2D eigenvalue weighted by Crippen LogP contribution is -2.37. The number of methoxy groups -OCH3 is 2. The van der Waals surface area contributed by atoms with Gasteiger partial charge in [-0.15, -0.1) is 0 Å². The maximum atomic E-state index is 5.14. The molecule has 0 aliphatic carbocycles. The van der Waals surface area contributed by atoms with Crippen LogP contribution in [0, 0.1) is 5.92 Å². The fourth-order valence-electron chi connectivity index (χ4n) is 1.66. The van der Waals surface area contributed by atoms with Gasteiger partial charge in [-0.2, -0.15) is 9.97 Å². The van der Waals surface area contributed by atoms with Crippen molar-refractivity contribution in [3.05, 3.63) is 6.07 Å². The van der Waals surface area contributed by atoms with E-state index in [9.17, 15) is 0 Å². The zero-order chi connectivity index (χ0) is 14.4. The Balaban J connectivity index is 2.88. The minimum Gasteiger partial charge on any atom is -0.481 e. The molecule has 108 valence electrons. The molecule has 0 bridgehead atoms. The number of aromatic nitrogens is 2. The van der Waals surface area contributed by atoms with E-state index in [0.717, 1.165) is 6.54 Å². The number of nitrogens with one attached hydrogen (secondary N) is 1. The van der Waals surface area contributed by atoms with Gasteiger partial charge < -0.3 is 19.7 Å². The summed E-state index contributed by atoms with van der Waals surface area (Å²) in [6, 6.07) is 1.91. The van der Waals surface area contributed by atoms with Gasteiger partial charge in [0.2, 0.25) is 17.7 Å². The zero-order valence-corrected chi connectivity index (χ0v) is 12.6. The summed E-state index contributed by atoms with van der Waals surface area (Å²) < 4.78 is 10.3. The molecule has 19 heavy (non-hydrogen) atoms. The van der Waals surface area contributed by atoms with Gasteiger partial charge in [-0.3, -0.25) is 0 Å². The molecule has 1 N–H and O–H groups in total. The second-order valence-electron chi connectivity index (χ2n) is 5.03. The largest absolute Gasteiger partial charge is 0.481 e. The van der Waals surface area contributed by atoms with Crippen LogP contribution < -0.4 is 14.8 Å². The van der Waals surface area contributed by atoms with E-state index in [1.807, 2.05) is 14.1 Å². The SMILES string of the molecule is COc1cc(OC)nc(NC(CN(C)C)C(C)C)n1. The Kier molecular flexibility index (Phi) is 5.82. The van der Waals surface area contributed by atoms with Gasteiger partial charge in [0, 0.05) is 12.6 Å². The predicted octanol–water partition coefficient (Wildman–Crippen LogP) is 1.49. The molecule has 1 atom stereocenters. The van der Waals surface area contributed by atoms with E-state index in [0.29, 0.717) is 23.6 Å². The van der Waals surface area contributed by atoms with Crippen molar-refractivity contribution < 1.29 is 9.47 Å². The zero-order valence-electron chi connectivity index (χ0n) is 12.6. The van der Waals surface area contributed by atoms with Crippen LogP contribution in [0.25, 0.3) is 0 Å². The minimum atomic E-state index is 0.256. The van der Waals surface area contributed by atoms with E-state index >= 15 is 0 Å². The maximum absolute atomic E-state index is 5.14. The van der Waals surface area contributed by atoms with Crippen molar-refractivity contribution in [2.75, 3.05) is 40.2 Å². The molecule has 0 saturated heterocycles. The lowest BCUT2D eigenvalue weighted by atomic mass is 10.0. The van der Waals surface area contributed by atoms with Gasteiger partial charge in [0.25, 0.3) is 0 Å². The molecular weight excluding hydrogens is 244 g/mol. The summed E-state index contributed by atoms with van der Waals surface area (Å²) >= 11 is 0. The number of anilines is 1. The third kappa shape index (κ3) is 4.90. The van der Waals surface area contributed by atoms with Gasteiger partial charge in [0.15, 0.2) is 0 Å². The standard InChI is InChI=1S/C13H24N4O2/c1-9(2)10(8-17(3)4)14-13-15-11(18-5)7-12(16-13)19-6/h7,9-10H,8H2,1-6H3,(H,14,15,16). The molecule has 0 saturated carbocycles. The molecule has 0 spiro atoms. The molecule has 0 aliphatic rings. The first-order valence-corrected chi connectivity index (χ1v) is 6.34. The molecule has 6 nitrogen and oxygen atoms in total. The van der Waals surface area contributed by atoms with Crippen molar-refractivity contribution in [2.24, 2.45) is 5.92 Å². The van der Waals surface area contributed by atoms with E-state index in [-0.39, 0.29) is 6.04 Å². The predicted molar refractivity (Wildman–Crippen MR) is 75.9 cm³/mol. The molecule has 0 aromatic carbocycles. The van der Waals surface area contributed by atoms with E-state index in [2.05, 4.69) is 34.0 Å². The lowest BCUT2D eigenvalue weighted by molar-refractivity contribution is 0.341. The van der Waals surface area contributed by atoms with Crippen molar-refractivity contribution in [3.63, 3.8) is 0 Å². The molecular formula is C13H24N4O2. The summed E-state index contributed by atoms with van der Waals surface area (Å²) in [5.74, 6) is 1.96. The Labute approximate surface area is 115 Å². The fraction of sp³-hybridized carbons (Fsp3) is 0.692. The lowest BCUT2D eigenvalue weighted by Gasteiger charge is -2.25. The summed E-state index contributed by atoms with van der Waals surface area (Å²) in [4.78, 5) is 10.7. The van der Waals surface area contributed by atoms with Gasteiger partial charge in [0.1, 0.15) is 0 Å². The van der Waals surface area contributed by atoms with E-state index in [1.54, 1.807) is 20.3 Å². The van der Waals surface area contributed by atoms with Gasteiger partial charge in [-0.1, -0.05) is 13.8 Å². The number of hydrogen-bond donors (Lipinski definition) is 1. The molecule has 0 radical (unpaired) electrons. The summed E-state index contributed by atoms with van der Waals surface area (Å²) in [7, 11) is 7.24. The van der Waals surface area contributed by atoms with Gasteiger partial charge in [-0.05, 0) is 20.0 Å². The van der Waals surface area contributed by atoms with Crippen LogP contribution in [0.15, 0.2) is 6.07 Å². The number of ether oxygens (including phenoxy) is 2. The minimum absolute atomic E-state index is 0.256. The normalized spacial score (nSPS) is 12.6. The van der Waals surface area contributed by atoms with Crippen LogP contribution in [0.1, 0.15) is 13.8 Å². The first kappa shape index (κ1) is 15.5. The Hall–Kier alpha value is -1.56. The number of likely N-dealkylation sites (N-methyl/N-ethyl adjacent to an activating group) is 1. The van der Waals surface area contributed by atoms with Crippen LogP contribution in [-0.2, 0) is 0 Å².